The van der Waals surface area contributed by atoms with Crippen LogP contribution in [0.5, 0.6) is 0 Å². The van der Waals surface area contributed by atoms with E-state index in [2.05, 4.69) is 9.80 Å². The van der Waals surface area contributed by atoms with Crippen LogP contribution >= 0.6 is 0 Å². The highest BCUT2D eigenvalue weighted by atomic mass is 16.6. The molecule has 0 unspecified atom stereocenters. The fraction of sp³-hybridized carbons (Fsp3) is 0.667. The minimum atomic E-state index is -0.379. The van der Waals surface area contributed by atoms with Gasteiger partial charge in [0.05, 0.1) is 4.92 Å². The standard InChI is InChI=1S/C18H35N7O2/c19-5-9-23(10-6-20)14-17(15-24(11-7-21)12-8-22)13-16-1-3-18(4-2-16)25(26)27/h1-4,17H,5-15,19-22H2. The molecule has 0 radical (unpaired) electrons. The van der Waals surface area contributed by atoms with Crippen LogP contribution in [0.3, 0.4) is 0 Å². The Morgan fingerprint density at radius 1 is 0.815 bits per heavy atom. The van der Waals surface area contributed by atoms with E-state index < -0.39 is 0 Å². The predicted octanol–water partition coefficient (Wildman–Crippen LogP) is -0.808. The molecule has 0 atom stereocenters. The summed E-state index contributed by atoms with van der Waals surface area (Å²) < 4.78 is 0. The lowest BCUT2D eigenvalue weighted by Crippen LogP contribution is -2.43. The molecule has 0 heterocycles. The Morgan fingerprint density at radius 3 is 1.56 bits per heavy atom. The molecule has 0 aliphatic heterocycles. The average Bonchev–Trinajstić information content (AvgIpc) is 2.63. The molecule has 9 heteroatoms. The first kappa shape index (κ1) is 23.4. The third-order valence-electron chi connectivity index (χ3n) is 4.49. The monoisotopic (exact) mass is 381 g/mol. The molecule has 0 aliphatic carbocycles. The van der Waals surface area contributed by atoms with E-state index in [9.17, 15) is 10.1 Å². The maximum atomic E-state index is 10.9. The molecule has 0 amide bonds. The van der Waals surface area contributed by atoms with Crippen molar-refractivity contribution < 1.29 is 4.92 Å². The van der Waals surface area contributed by atoms with Crippen LogP contribution in [0, 0.1) is 16.0 Å². The van der Waals surface area contributed by atoms with Crippen LogP contribution in [0.1, 0.15) is 5.56 Å². The Labute approximate surface area is 161 Å². The van der Waals surface area contributed by atoms with E-state index in [1.54, 1.807) is 12.1 Å². The van der Waals surface area contributed by atoms with E-state index >= 15 is 0 Å². The molecule has 27 heavy (non-hydrogen) atoms. The van der Waals surface area contributed by atoms with Gasteiger partial charge in [0.25, 0.3) is 5.69 Å². The van der Waals surface area contributed by atoms with Crippen LogP contribution in [0.15, 0.2) is 24.3 Å². The molecule has 0 bridgehead atoms. The van der Waals surface area contributed by atoms with Crippen LogP contribution in [0.4, 0.5) is 5.69 Å². The van der Waals surface area contributed by atoms with E-state index in [4.69, 9.17) is 22.9 Å². The summed E-state index contributed by atoms with van der Waals surface area (Å²) in [5.74, 6) is 0.322. The highest BCUT2D eigenvalue weighted by Crippen LogP contribution is 2.17. The molecule has 0 spiro atoms. The lowest BCUT2D eigenvalue weighted by atomic mass is 9.97. The quantitative estimate of drug-likeness (QED) is 0.227. The smallest absolute Gasteiger partial charge is 0.269 e. The molecule has 8 N–H and O–H groups in total. The number of nitrogens with zero attached hydrogens (tertiary/aromatic N) is 3. The van der Waals surface area contributed by atoms with Crippen molar-refractivity contribution in [1.29, 1.82) is 0 Å². The van der Waals surface area contributed by atoms with Crippen molar-refractivity contribution in [1.82, 2.24) is 9.80 Å². The Balaban J connectivity index is 2.87. The molecule has 0 fully saturated rings. The number of benzene rings is 1. The number of nitrogens with two attached hydrogens (primary N) is 4. The van der Waals surface area contributed by atoms with Crippen LogP contribution in [0.25, 0.3) is 0 Å². The largest absolute Gasteiger partial charge is 0.329 e. The second-order valence-corrected chi connectivity index (χ2v) is 6.75. The number of nitro benzene ring substituents is 1. The first-order chi connectivity index (χ1) is 13.0. The third kappa shape index (κ3) is 9.23. The van der Waals surface area contributed by atoms with E-state index in [-0.39, 0.29) is 10.6 Å². The predicted molar refractivity (Wildman–Crippen MR) is 109 cm³/mol. The van der Waals surface area contributed by atoms with Gasteiger partial charge in [0.2, 0.25) is 0 Å². The normalized spacial score (nSPS) is 11.7. The van der Waals surface area contributed by atoms with Crippen LogP contribution in [0.2, 0.25) is 0 Å². The lowest BCUT2D eigenvalue weighted by molar-refractivity contribution is -0.384. The summed E-state index contributed by atoms with van der Waals surface area (Å²) in [6.45, 7) is 7.22. The molecular formula is C18H35N7O2. The lowest BCUT2D eigenvalue weighted by Gasteiger charge is -2.31. The van der Waals surface area contributed by atoms with Gasteiger partial charge in [-0.3, -0.25) is 10.1 Å². The van der Waals surface area contributed by atoms with Crippen LogP contribution in [-0.2, 0) is 6.42 Å². The Bertz CT molecular complexity index is 497. The van der Waals surface area contributed by atoms with Gasteiger partial charge in [0.1, 0.15) is 0 Å². The van der Waals surface area contributed by atoms with Gasteiger partial charge in [0, 0.05) is 77.6 Å². The van der Waals surface area contributed by atoms with Crippen molar-refractivity contribution in [3.8, 4) is 0 Å². The van der Waals surface area contributed by atoms with Crippen LogP contribution < -0.4 is 22.9 Å². The SMILES string of the molecule is NCCN(CCN)CC(Cc1ccc([N+](=O)[O-])cc1)CN(CCN)CCN. The molecule has 0 saturated carbocycles. The summed E-state index contributed by atoms with van der Waals surface area (Å²) in [6, 6.07) is 6.78. The van der Waals surface area contributed by atoms with Gasteiger partial charge in [-0.25, -0.2) is 0 Å². The molecule has 9 nitrogen and oxygen atoms in total. The molecule has 154 valence electrons. The van der Waals surface area contributed by atoms with Gasteiger partial charge in [-0.2, -0.15) is 0 Å². The third-order valence-corrected chi connectivity index (χ3v) is 4.49. The Hall–Kier alpha value is -1.62. The highest BCUT2D eigenvalue weighted by molar-refractivity contribution is 5.33. The van der Waals surface area contributed by atoms with Crippen molar-refractivity contribution in [2.24, 2.45) is 28.9 Å². The van der Waals surface area contributed by atoms with Crippen molar-refractivity contribution in [2.45, 2.75) is 6.42 Å². The number of non-ortho nitro benzene ring substituents is 1. The maximum absolute atomic E-state index is 10.9. The fourth-order valence-corrected chi connectivity index (χ4v) is 3.32. The van der Waals surface area contributed by atoms with Crippen molar-refractivity contribution in [3.05, 3.63) is 39.9 Å². The first-order valence-electron chi connectivity index (χ1n) is 9.52. The maximum Gasteiger partial charge on any atom is 0.269 e. The van der Waals surface area contributed by atoms with Gasteiger partial charge in [-0.1, -0.05) is 12.1 Å². The zero-order valence-corrected chi connectivity index (χ0v) is 16.1. The molecule has 0 aromatic heterocycles. The molecule has 1 rings (SSSR count). The number of hydrogen-bond acceptors (Lipinski definition) is 8. The minimum Gasteiger partial charge on any atom is -0.329 e. The summed E-state index contributed by atoms with van der Waals surface area (Å²) in [6.07, 6.45) is 0.815. The first-order valence-corrected chi connectivity index (χ1v) is 9.52. The van der Waals surface area contributed by atoms with Crippen molar-refractivity contribution in [2.75, 3.05) is 65.4 Å². The van der Waals surface area contributed by atoms with Crippen molar-refractivity contribution in [3.63, 3.8) is 0 Å². The molecule has 1 aromatic rings. The summed E-state index contributed by atoms with van der Waals surface area (Å²) in [5, 5.41) is 10.9. The zero-order valence-electron chi connectivity index (χ0n) is 16.1. The van der Waals surface area contributed by atoms with E-state index in [1.165, 1.54) is 0 Å². The summed E-state index contributed by atoms with van der Waals surface area (Å²) in [7, 11) is 0. The van der Waals surface area contributed by atoms with Gasteiger partial charge in [-0.15, -0.1) is 0 Å². The van der Waals surface area contributed by atoms with Gasteiger partial charge < -0.3 is 32.7 Å². The van der Waals surface area contributed by atoms with Gasteiger partial charge in [0.15, 0.2) is 0 Å². The van der Waals surface area contributed by atoms with Crippen molar-refractivity contribution >= 4 is 5.69 Å². The Kier molecular flexibility index (Phi) is 11.7. The molecule has 0 aliphatic rings. The van der Waals surface area contributed by atoms with Crippen LogP contribution in [-0.4, -0.2) is 80.2 Å². The summed E-state index contributed by atoms with van der Waals surface area (Å²) in [4.78, 5) is 15.0. The highest BCUT2D eigenvalue weighted by Gasteiger charge is 2.18. The minimum absolute atomic E-state index is 0.107. The zero-order chi connectivity index (χ0) is 20.1. The van der Waals surface area contributed by atoms with Gasteiger partial charge in [-0.05, 0) is 17.9 Å². The molecule has 1 aromatic carbocycles. The second-order valence-electron chi connectivity index (χ2n) is 6.75. The molecule has 0 saturated heterocycles. The number of nitro groups is 1. The van der Waals surface area contributed by atoms with E-state index in [0.717, 1.165) is 51.3 Å². The Morgan fingerprint density at radius 2 is 1.22 bits per heavy atom. The summed E-state index contributed by atoms with van der Waals surface area (Å²) >= 11 is 0. The summed E-state index contributed by atoms with van der Waals surface area (Å²) in [5.41, 5.74) is 24.1. The van der Waals surface area contributed by atoms with Gasteiger partial charge >= 0.3 is 0 Å². The second kappa shape index (κ2) is 13.5. The van der Waals surface area contributed by atoms with E-state index in [0.29, 0.717) is 32.1 Å². The topological polar surface area (TPSA) is 154 Å². The molecular weight excluding hydrogens is 346 g/mol. The number of rotatable bonds is 15. The van der Waals surface area contributed by atoms with E-state index in [1.807, 2.05) is 12.1 Å². The average molecular weight is 382 g/mol. The fourth-order valence-electron chi connectivity index (χ4n) is 3.32. The number of hydrogen-bond donors (Lipinski definition) is 4.